The average molecular weight is 308 g/mol. The molecule has 0 saturated heterocycles. The van der Waals surface area contributed by atoms with E-state index in [1.165, 1.54) is 6.33 Å². The Morgan fingerprint density at radius 2 is 2.09 bits per heavy atom. The van der Waals surface area contributed by atoms with Gasteiger partial charge in [-0.2, -0.15) is 5.10 Å². The molecule has 22 heavy (non-hydrogen) atoms. The lowest BCUT2D eigenvalue weighted by molar-refractivity contribution is 0.667. The van der Waals surface area contributed by atoms with E-state index in [9.17, 15) is 0 Å². The Kier molecular flexibility index (Phi) is 3.08. The van der Waals surface area contributed by atoms with Gasteiger partial charge in [0.15, 0.2) is 11.4 Å². The van der Waals surface area contributed by atoms with Crippen molar-refractivity contribution in [3.63, 3.8) is 0 Å². The van der Waals surface area contributed by atoms with Gasteiger partial charge in [0.1, 0.15) is 17.4 Å². The molecular weight excluding hydrogens is 296 g/mol. The number of anilines is 1. The molecule has 0 amide bonds. The van der Waals surface area contributed by atoms with Crippen molar-refractivity contribution in [1.29, 1.82) is 0 Å². The Morgan fingerprint density at radius 3 is 2.95 bits per heavy atom. The van der Waals surface area contributed by atoms with Crippen LogP contribution in [0.3, 0.4) is 0 Å². The summed E-state index contributed by atoms with van der Waals surface area (Å²) in [6.45, 7) is 1.95. The molecule has 4 rings (SSSR count). The van der Waals surface area contributed by atoms with Gasteiger partial charge in [0.25, 0.3) is 0 Å². The summed E-state index contributed by atoms with van der Waals surface area (Å²) in [5.74, 6) is 0.567. The third-order valence-electron chi connectivity index (χ3n) is 3.37. The summed E-state index contributed by atoms with van der Waals surface area (Å²) in [4.78, 5) is 9.66. The maximum atomic E-state index is 5.85. The second kappa shape index (κ2) is 5.23. The molecule has 0 spiro atoms. The van der Waals surface area contributed by atoms with Crippen LogP contribution < -0.4 is 5.43 Å². The topological polar surface area (TPSA) is 63.3 Å². The molecule has 3 aromatic heterocycles. The standard InChI is InChI=1S/C16H12N4OS/c1-10(13-7-4-8-22-13)19-20-16-15-14(17-9-18-16)11-5-2-3-6-12(11)21-15/h2-9H,1H3,(H,17,18,20)/b19-10-. The molecule has 6 heteroatoms. The van der Waals surface area contributed by atoms with Gasteiger partial charge in [0, 0.05) is 10.3 Å². The molecule has 0 aliphatic rings. The molecule has 1 aromatic carbocycles. The van der Waals surface area contributed by atoms with E-state index in [4.69, 9.17) is 4.42 Å². The van der Waals surface area contributed by atoms with E-state index in [1.807, 2.05) is 48.7 Å². The molecule has 0 unspecified atom stereocenters. The van der Waals surface area contributed by atoms with E-state index in [2.05, 4.69) is 20.5 Å². The van der Waals surface area contributed by atoms with E-state index < -0.39 is 0 Å². The van der Waals surface area contributed by atoms with Gasteiger partial charge in [-0.25, -0.2) is 9.97 Å². The number of rotatable bonds is 3. The SMILES string of the molecule is C/C(=N/Nc1ncnc2c1oc1ccccc12)c1cccs1. The first-order chi connectivity index (χ1) is 10.8. The zero-order chi connectivity index (χ0) is 14.9. The summed E-state index contributed by atoms with van der Waals surface area (Å²) < 4.78 is 5.85. The van der Waals surface area contributed by atoms with Gasteiger partial charge in [-0.1, -0.05) is 18.2 Å². The summed E-state index contributed by atoms with van der Waals surface area (Å²) in [6.07, 6.45) is 1.52. The van der Waals surface area contributed by atoms with Crippen LogP contribution in [-0.4, -0.2) is 15.7 Å². The van der Waals surface area contributed by atoms with Crippen LogP contribution in [0.4, 0.5) is 5.82 Å². The third-order valence-corrected chi connectivity index (χ3v) is 4.34. The zero-order valence-corrected chi connectivity index (χ0v) is 12.6. The third kappa shape index (κ3) is 2.14. The van der Waals surface area contributed by atoms with E-state index in [-0.39, 0.29) is 0 Å². The van der Waals surface area contributed by atoms with Crippen LogP contribution >= 0.6 is 11.3 Å². The smallest absolute Gasteiger partial charge is 0.197 e. The fourth-order valence-corrected chi connectivity index (χ4v) is 2.96. The van der Waals surface area contributed by atoms with E-state index in [0.717, 1.165) is 27.1 Å². The lowest BCUT2D eigenvalue weighted by atomic mass is 10.2. The highest BCUT2D eigenvalue weighted by Gasteiger charge is 2.12. The van der Waals surface area contributed by atoms with Crippen LogP contribution in [0.5, 0.6) is 0 Å². The number of thiophene rings is 1. The summed E-state index contributed by atoms with van der Waals surface area (Å²) in [6, 6.07) is 11.8. The molecule has 3 heterocycles. The second-order valence-electron chi connectivity index (χ2n) is 4.78. The molecule has 0 bridgehead atoms. The Hall–Kier alpha value is -2.73. The summed E-state index contributed by atoms with van der Waals surface area (Å²) in [5, 5.41) is 7.38. The van der Waals surface area contributed by atoms with Gasteiger partial charge in [0.05, 0.1) is 5.71 Å². The van der Waals surface area contributed by atoms with E-state index in [1.54, 1.807) is 11.3 Å². The zero-order valence-electron chi connectivity index (χ0n) is 11.8. The van der Waals surface area contributed by atoms with Gasteiger partial charge < -0.3 is 4.42 Å². The molecule has 0 radical (unpaired) electrons. The minimum Gasteiger partial charge on any atom is -0.450 e. The second-order valence-corrected chi connectivity index (χ2v) is 5.73. The molecule has 0 atom stereocenters. The summed E-state index contributed by atoms with van der Waals surface area (Å²) in [7, 11) is 0. The van der Waals surface area contributed by atoms with Crippen molar-refractivity contribution in [3.05, 3.63) is 53.0 Å². The molecule has 0 saturated carbocycles. The van der Waals surface area contributed by atoms with Crippen LogP contribution in [0, 0.1) is 0 Å². The fraction of sp³-hybridized carbons (Fsp3) is 0.0625. The molecule has 0 aliphatic carbocycles. The van der Waals surface area contributed by atoms with Crippen molar-refractivity contribution in [3.8, 4) is 0 Å². The highest BCUT2D eigenvalue weighted by atomic mass is 32.1. The number of hydrogen-bond acceptors (Lipinski definition) is 6. The van der Waals surface area contributed by atoms with Crippen molar-refractivity contribution in [2.24, 2.45) is 5.10 Å². The molecule has 0 fully saturated rings. The summed E-state index contributed by atoms with van der Waals surface area (Å²) >= 11 is 1.65. The van der Waals surface area contributed by atoms with Crippen molar-refractivity contribution in [1.82, 2.24) is 9.97 Å². The Labute approximate surface area is 130 Å². The molecule has 108 valence electrons. The van der Waals surface area contributed by atoms with Crippen LogP contribution in [-0.2, 0) is 0 Å². The lowest BCUT2D eigenvalue weighted by Gasteiger charge is -2.01. The largest absolute Gasteiger partial charge is 0.450 e. The van der Waals surface area contributed by atoms with Crippen LogP contribution in [0.25, 0.3) is 22.1 Å². The first-order valence-corrected chi connectivity index (χ1v) is 7.67. The quantitative estimate of drug-likeness (QED) is 0.453. The maximum absolute atomic E-state index is 5.85. The number of nitrogens with zero attached hydrogens (tertiary/aromatic N) is 3. The van der Waals surface area contributed by atoms with Crippen LogP contribution in [0.2, 0.25) is 0 Å². The van der Waals surface area contributed by atoms with Crippen LogP contribution in [0.15, 0.2) is 57.6 Å². The monoisotopic (exact) mass is 308 g/mol. The number of aromatic nitrogens is 2. The van der Waals surface area contributed by atoms with Crippen LogP contribution in [0.1, 0.15) is 11.8 Å². The summed E-state index contributed by atoms with van der Waals surface area (Å²) in [5.41, 5.74) is 6.08. The van der Waals surface area contributed by atoms with Crippen molar-refractivity contribution in [2.75, 3.05) is 5.43 Å². The van der Waals surface area contributed by atoms with Crippen molar-refractivity contribution in [2.45, 2.75) is 6.92 Å². The molecule has 1 N–H and O–H groups in total. The van der Waals surface area contributed by atoms with Gasteiger partial charge in [-0.3, -0.25) is 5.43 Å². The minimum absolute atomic E-state index is 0.567. The highest BCUT2D eigenvalue weighted by molar-refractivity contribution is 7.12. The van der Waals surface area contributed by atoms with Gasteiger partial charge >= 0.3 is 0 Å². The van der Waals surface area contributed by atoms with E-state index >= 15 is 0 Å². The van der Waals surface area contributed by atoms with Gasteiger partial charge in [-0.05, 0) is 30.5 Å². The van der Waals surface area contributed by atoms with Gasteiger partial charge in [-0.15, -0.1) is 11.3 Å². The maximum Gasteiger partial charge on any atom is 0.197 e. The molecule has 5 nitrogen and oxygen atoms in total. The Balaban J connectivity index is 1.77. The average Bonchev–Trinajstić information content (AvgIpc) is 3.20. The molecule has 4 aromatic rings. The fourth-order valence-electron chi connectivity index (χ4n) is 2.28. The number of nitrogens with one attached hydrogen (secondary N) is 1. The number of benzene rings is 1. The number of para-hydroxylation sites is 1. The normalized spacial score (nSPS) is 12.1. The predicted molar refractivity (Wildman–Crippen MR) is 89.5 cm³/mol. The number of furan rings is 1. The van der Waals surface area contributed by atoms with E-state index in [0.29, 0.717) is 11.4 Å². The van der Waals surface area contributed by atoms with Crippen molar-refractivity contribution < 1.29 is 4.42 Å². The highest BCUT2D eigenvalue weighted by Crippen LogP contribution is 2.30. The Bertz CT molecular complexity index is 972. The lowest BCUT2D eigenvalue weighted by Crippen LogP contribution is -1.99. The first-order valence-electron chi connectivity index (χ1n) is 6.79. The molecular formula is C16H12N4OS. The predicted octanol–water partition coefficient (Wildman–Crippen LogP) is 4.27. The first kappa shape index (κ1) is 13.0. The number of hydrazone groups is 1. The van der Waals surface area contributed by atoms with Gasteiger partial charge in [0.2, 0.25) is 0 Å². The van der Waals surface area contributed by atoms with Crippen molar-refractivity contribution >= 4 is 44.9 Å². The molecule has 0 aliphatic heterocycles. The number of hydrogen-bond donors (Lipinski definition) is 1. The number of fused-ring (bicyclic) bond motifs is 3. The Morgan fingerprint density at radius 1 is 1.18 bits per heavy atom. The minimum atomic E-state index is 0.567.